The zero-order valence-electron chi connectivity index (χ0n) is 24.6. The largest absolute Gasteiger partial charge is 0.488 e. The van der Waals surface area contributed by atoms with Crippen molar-refractivity contribution in [1.29, 1.82) is 5.26 Å². The molecule has 46 heavy (non-hydrogen) atoms. The molecule has 4 fully saturated rings. The van der Waals surface area contributed by atoms with Gasteiger partial charge in [0.2, 0.25) is 0 Å². The van der Waals surface area contributed by atoms with Crippen molar-refractivity contribution in [2.45, 2.75) is 74.5 Å². The highest BCUT2D eigenvalue weighted by Crippen LogP contribution is 2.52. The van der Waals surface area contributed by atoms with E-state index in [9.17, 15) is 19.6 Å². The summed E-state index contributed by atoms with van der Waals surface area (Å²) < 4.78 is 53.1. The van der Waals surface area contributed by atoms with Crippen molar-refractivity contribution < 1.29 is 27.8 Å². The van der Waals surface area contributed by atoms with Crippen LogP contribution in [0.25, 0.3) is 22.2 Å². The molecule has 4 saturated carbocycles. The van der Waals surface area contributed by atoms with E-state index < -0.39 is 50.7 Å². The van der Waals surface area contributed by atoms with Crippen LogP contribution in [0.4, 0.5) is 13.2 Å². The van der Waals surface area contributed by atoms with E-state index in [4.69, 9.17) is 21.4 Å². The van der Waals surface area contributed by atoms with E-state index in [-0.39, 0.29) is 29.8 Å². The van der Waals surface area contributed by atoms with Crippen molar-refractivity contribution in [2.24, 2.45) is 5.92 Å². The number of ether oxygens (including phenoxy) is 1. The molecule has 0 radical (unpaired) electrons. The van der Waals surface area contributed by atoms with Crippen molar-refractivity contribution in [3.63, 3.8) is 0 Å². The highest BCUT2D eigenvalue weighted by molar-refractivity contribution is 6.31. The first-order chi connectivity index (χ1) is 22.1. The molecule has 0 spiro atoms. The fraction of sp³-hybridized carbons (Fsp3) is 0.412. The van der Waals surface area contributed by atoms with E-state index in [1.807, 2.05) is 10.9 Å². The Balaban J connectivity index is 1.15. The van der Waals surface area contributed by atoms with Crippen LogP contribution in [0.5, 0.6) is 5.75 Å². The van der Waals surface area contributed by atoms with E-state index >= 15 is 8.78 Å². The van der Waals surface area contributed by atoms with Gasteiger partial charge in [-0.2, -0.15) is 10.4 Å². The number of hydrogen-bond donors (Lipinski definition) is 2. The number of carbonyl (C=O) groups excluding carboxylic acids is 1. The van der Waals surface area contributed by atoms with Gasteiger partial charge in [-0.25, -0.2) is 18.2 Å². The lowest BCUT2D eigenvalue weighted by Crippen LogP contribution is -2.43. The van der Waals surface area contributed by atoms with Gasteiger partial charge < -0.3 is 15.2 Å². The minimum Gasteiger partial charge on any atom is -0.488 e. The molecule has 12 heteroatoms. The Morgan fingerprint density at radius 2 is 1.87 bits per heavy atom. The summed E-state index contributed by atoms with van der Waals surface area (Å²) in [5.41, 5.74) is -2.84. The summed E-state index contributed by atoms with van der Waals surface area (Å²) in [6.07, 6.45) is 7.96. The van der Waals surface area contributed by atoms with Gasteiger partial charge in [0.25, 0.3) is 5.91 Å². The maximum absolute atomic E-state index is 16.0. The molecular weight excluding hydrogens is 619 g/mol. The molecule has 1 atom stereocenters. The number of aromatic nitrogens is 3. The summed E-state index contributed by atoms with van der Waals surface area (Å²) in [6, 6.07) is 8.73. The summed E-state index contributed by atoms with van der Waals surface area (Å²) in [7, 11) is 0. The third-order valence-corrected chi connectivity index (χ3v) is 9.80. The van der Waals surface area contributed by atoms with Gasteiger partial charge in [-0.1, -0.05) is 11.6 Å². The quantitative estimate of drug-likeness (QED) is 0.187. The molecule has 2 aromatic heterocycles. The third-order valence-electron chi connectivity index (χ3n) is 9.51. The van der Waals surface area contributed by atoms with Crippen molar-refractivity contribution in [3.05, 3.63) is 75.8 Å². The van der Waals surface area contributed by atoms with E-state index in [0.717, 1.165) is 37.1 Å². The molecule has 0 saturated heterocycles. The average molecular weight is 648 g/mol. The molecule has 0 aliphatic heterocycles. The number of pyridine rings is 1. The van der Waals surface area contributed by atoms with Crippen LogP contribution in [-0.4, -0.2) is 38.4 Å². The third kappa shape index (κ3) is 5.08. The number of amides is 1. The molecule has 8 rings (SSSR count). The summed E-state index contributed by atoms with van der Waals surface area (Å²) in [4.78, 5) is 18.0. The number of aliphatic hydroxyl groups is 1. The first-order valence-electron chi connectivity index (χ1n) is 15.6. The molecule has 8 nitrogen and oxygen atoms in total. The smallest absolute Gasteiger partial charge is 0.251 e. The van der Waals surface area contributed by atoms with Gasteiger partial charge in [0.15, 0.2) is 5.82 Å². The van der Waals surface area contributed by atoms with Gasteiger partial charge >= 0.3 is 0 Å². The Labute approximate surface area is 267 Å². The topological polar surface area (TPSA) is 113 Å². The van der Waals surface area contributed by atoms with Crippen LogP contribution in [0.1, 0.15) is 79.0 Å². The molecule has 2 aromatic carbocycles. The number of halogens is 4. The maximum atomic E-state index is 16.0. The van der Waals surface area contributed by atoms with Gasteiger partial charge in [-0.3, -0.25) is 9.48 Å². The standard InChI is InChI=1S/C34H29ClF3N5O3/c35-24-11-22(25(36)13-26(24)37)31-29(38)23(33(15-39)7-8-33)12-28(41-31)34(45,19-1-2-19)16-40-32(44)17-9-18-14-43(20-3-4-20)42-30(18)27(10-17)46-21-5-6-21/h9-14,19-21,45H,1-8,16H2,(H,40,44)/t34-/m1/s1. The Kier molecular flexibility index (Phi) is 6.64. The van der Waals surface area contributed by atoms with E-state index in [1.54, 1.807) is 12.1 Å². The van der Waals surface area contributed by atoms with Crippen LogP contribution < -0.4 is 10.1 Å². The molecule has 4 aliphatic carbocycles. The first kappa shape index (κ1) is 29.3. The highest BCUT2D eigenvalue weighted by Gasteiger charge is 2.51. The van der Waals surface area contributed by atoms with E-state index in [2.05, 4.69) is 16.4 Å². The number of benzene rings is 2. The molecule has 4 aliphatic rings. The molecule has 4 aromatic rings. The highest BCUT2D eigenvalue weighted by atomic mass is 35.5. The zero-order chi connectivity index (χ0) is 32.0. The fourth-order valence-corrected chi connectivity index (χ4v) is 6.27. The second kappa shape index (κ2) is 10.4. The van der Waals surface area contributed by atoms with Crippen LogP contribution >= 0.6 is 11.6 Å². The lowest BCUT2D eigenvalue weighted by molar-refractivity contribution is 0.00938. The van der Waals surface area contributed by atoms with Crippen LogP contribution in [0.2, 0.25) is 5.02 Å². The van der Waals surface area contributed by atoms with Crippen molar-refractivity contribution in [1.82, 2.24) is 20.1 Å². The molecule has 2 N–H and O–H groups in total. The van der Waals surface area contributed by atoms with Crippen LogP contribution in [0, 0.1) is 34.7 Å². The Morgan fingerprint density at radius 1 is 1.11 bits per heavy atom. The number of rotatable bonds is 10. The minimum atomic E-state index is -1.77. The van der Waals surface area contributed by atoms with E-state index in [0.29, 0.717) is 54.6 Å². The second-order valence-electron chi connectivity index (χ2n) is 13.1. The predicted octanol–water partition coefficient (Wildman–Crippen LogP) is 6.63. The number of carbonyl (C=O) groups is 1. The normalized spacial score (nSPS) is 19.8. The van der Waals surface area contributed by atoms with Crippen LogP contribution in [0.3, 0.4) is 0 Å². The fourth-order valence-electron chi connectivity index (χ4n) is 6.10. The SMILES string of the molecule is N#CC1(c2cc([C@@](O)(CNC(=O)c3cc(OC4CC4)c4nn(C5CC5)cc4c3)C3CC3)nc(-c3cc(Cl)c(F)cc3F)c2F)CC1. The first-order valence-corrected chi connectivity index (χ1v) is 15.9. The number of hydrogen-bond acceptors (Lipinski definition) is 6. The zero-order valence-corrected chi connectivity index (χ0v) is 25.4. The Morgan fingerprint density at radius 3 is 2.52 bits per heavy atom. The van der Waals surface area contributed by atoms with Crippen molar-refractivity contribution in [2.75, 3.05) is 6.54 Å². The maximum Gasteiger partial charge on any atom is 0.251 e. The number of fused-ring (bicyclic) bond motifs is 1. The molecular formula is C34H29ClF3N5O3. The van der Waals surface area contributed by atoms with Gasteiger partial charge in [-0.15, -0.1) is 0 Å². The summed E-state index contributed by atoms with van der Waals surface area (Å²) in [5.74, 6) is -3.31. The van der Waals surface area contributed by atoms with E-state index in [1.165, 1.54) is 6.07 Å². The monoisotopic (exact) mass is 647 g/mol. The lowest BCUT2D eigenvalue weighted by atomic mass is 9.87. The molecule has 0 unspecified atom stereocenters. The minimum absolute atomic E-state index is 0.0120. The summed E-state index contributed by atoms with van der Waals surface area (Å²) in [5, 5.41) is 30.0. The molecule has 2 heterocycles. The Hall–Kier alpha value is -4.14. The lowest BCUT2D eigenvalue weighted by Gasteiger charge is -2.30. The molecule has 236 valence electrons. The van der Waals surface area contributed by atoms with Crippen LogP contribution in [-0.2, 0) is 11.0 Å². The Bertz CT molecular complexity index is 1980. The van der Waals surface area contributed by atoms with Gasteiger partial charge in [0.05, 0.1) is 40.9 Å². The van der Waals surface area contributed by atoms with Crippen molar-refractivity contribution in [3.8, 4) is 23.1 Å². The molecule has 0 bridgehead atoms. The number of nitrogens with one attached hydrogen (secondary N) is 1. The number of nitriles is 1. The van der Waals surface area contributed by atoms with Crippen LogP contribution in [0.15, 0.2) is 36.5 Å². The second-order valence-corrected chi connectivity index (χ2v) is 13.5. The average Bonchev–Trinajstić information content (AvgIpc) is 3.85. The summed E-state index contributed by atoms with van der Waals surface area (Å²) in [6.45, 7) is -0.279. The summed E-state index contributed by atoms with van der Waals surface area (Å²) >= 11 is 5.93. The van der Waals surface area contributed by atoms with Gasteiger partial charge in [0.1, 0.15) is 34.2 Å². The van der Waals surface area contributed by atoms with Gasteiger partial charge in [-0.05, 0) is 81.5 Å². The van der Waals surface area contributed by atoms with Gasteiger partial charge in [0, 0.05) is 34.3 Å². The van der Waals surface area contributed by atoms with Crippen molar-refractivity contribution >= 4 is 28.4 Å². The molecule has 1 amide bonds. The predicted molar refractivity (Wildman–Crippen MR) is 162 cm³/mol. The number of nitrogens with zero attached hydrogens (tertiary/aromatic N) is 4.